The van der Waals surface area contributed by atoms with Gasteiger partial charge in [0.15, 0.2) is 5.78 Å². The topological polar surface area (TPSA) is 124 Å². The second-order valence-electron chi connectivity index (χ2n) is 8.72. The Morgan fingerprint density at radius 2 is 1.78 bits per heavy atom. The van der Waals surface area contributed by atoms with Crippen LogP contribution in [0, 0.1) is 6.92 Å². The first-order chi connectivity index (χ1) is 17.4. The van der Waals surface area contributed by atoms with E-state index in [-0.39, 0.29) is 18.2 Å². The molecule has 2 amide bonds. The van der Waals surface area contributed by atoms with E-state index < -0.39 is 5.91 Å². The second kappa shape index (κ2) is 11.1. The summed E-state index contributed by atoms with van der Waals surface area (Å²) < 4.78 is 7.09. The maximum absolute atomic E-state index is 13.3. The van der Waals surface area contributed by atoms with Gasteiger partial charge in [-0.25, -0.2) is 4.98 Å². The second-order valence-corrected chi connectivity index (χ2v) is 8.72. The van der Waals surface area contributed by atoms with Crippen molar-refractivity contribution in [2.24, 2.45) is 5.73 Å². The molecule has 2 N–H and O–H groups in total. The highest BCUT2D eigenvalue weighted by Crippen LogP contribution is 2.19. The molecule has 3 heterocycles. The smallest absolute Gasteiger partial charge is 0.274 e. The molecule has 1 saturated heterocycles. The van der Waals surface area contributed by atoms with Gasteiger partial charge >= 0.3 is 0 Å². The summed E-state index contributed by atoms with van der Waals surface area (Å²) in [6.07, 6.45) is 5.16. The van der Waals surface area contributed by atoms with Crippen LogP contribution in [-0.4, -0.2) is 81.8 Å². The van der Waals surface area contributed by atoms with E-state index in [9.17, 15) is 14.4 Å². The van der Waals surface area contributed by atoms with Gasteiger partial charge in [-0.05, 0) is 37.1 Å². The number of carbonyl (C=O) groups excluding carboxylic acids is 3. The number of hydrogen-bond acceptors (Lipinski definition) is 7. The van der Waals surface area contributed by atoms with E-state index in [1.807, 2.05) is 40.7 Å². The molecule has 1 fully saturated rings. The lowest BCUT2D eigenvalue weighted by molar-refractivity contribution is 0.0617. The fraction of sp³-hybridized carbons (Fsp3) is 0.346. The molecule has 0 radical (unpaired) electrons. The molecule has 0 bridgehead atoms. The maximum Gasteiger partial charge on any atom is 0.274 e. The highest BCUT2D eigenvalue weighted by atomic mass is 16.5. The highest BCUT2D eigenvalue weighted by molar-refractivity contribution is 6.01. The fourth-order valence-corrected chi connectivity index (χ4v) is 4.41. The molecule has 1 aliphatic heterocycles. The number of nitrogens with two attached hydrogens (primary N) is 1. The molecule has 1 aliphatic rings. The number of piperazine rings is 1. The van der Waals surface area contributed by atoms with E-state index in [1.165, 1.54) is 18.6 Å². The van der Waals surface area contributed by atoms with Gasteiger partial charge in [0, 0.05) is 50.8 Å². The van der Waals surface area contributed by atoms with Crippen molar-refractivity contribution < 1.29 is 19.1 Å². The first kappa shape index (κ1) is 25.1. The lowest BCUT2D eigenvalue weighted by Gasteiger charge is -2.34. The van der Waals surface area contributed by atoms with Crippen molar-refractivity contribution in [1.82, 2.24) is 24.3 Å². The molecule has 10 heteroatoms. The van der Waals surface area contributed by atoms with Crippen LogP contribution in [0.2, 0.25) is 0 Å². The van der Waals surface area contributed by atoms with Crippen LogP contribution in [-0.2, 0) is 13.0 Å². The van der Waals surface area contributed by atoms with Crippen molar-refractivity contribution in [3.8, 4) is 5.75 Å². The van der Waals surface area contributed by atoms with Gasteiger partial charge in [0.05, 0.1) is 31.1 Å². The Kier molecular flexibility index (Phi) is 7.74. The minimum atomic E-state index is -0.555. The van der Waals surface area contributed by atoms with Crippen LogP contribution in [0.4, 0.5) is 0 Å². The van der Waals surface area contributed by atoms with Crippen LogP contribution in [0.5, 0.6) is 5.75 Å². The number of primary amides is 1. The quantitative estimate of drug-likeness (QED) is 0.452. The molecule has 0 atom stereocenters. The fourth-order valence-electron chi connectivity index (χ4n) is 4.41. The van der Waals surface area contributed by atoms with Gasteiger partial charge < -0.3 is 19.9 Å². The van der Waals surface area contributed by atoms with Crippen molar-refractivity contribution >= 4 is 17.6 Å². The molecule has 1 aromatic carbocycles. The first-order valence-electron chi connectivity index (χ1n) is 11.8. The van der Waals surface area contributed by atoms with Crippen molar-refractivity contribution in [2.45, 2.75) is 19.9 Å². The first-order valence-corrected chi connectivity index (χ1v) is 11.8. The third-order valence-electron chi connectivity index (χ3n) is 6.51. The molecule has 0 unspecified atom stereocenters. The SMILES string of the molecule is COc1ccc(CCn2c(C(=O)CN3CCN(C(=O)c4cnccn4)CC3)cc(C(N)=O)c2C)cc1. The van der Waals surface area contributed by atoms with E-state index in [0.29, 0.717) is 61.8 Å². The summed E-state index contributed by atoms with van der Waals surface area (Å²) in [7, 11) is 1.62. The van der Waals surface area contributed by atoms with Crippen molar-refractivity contribution in [1.29, 1.82) is 0 Å². The van der Waals surface area contributed by atoms with Gasteiger partial charge in [0.1, 0.15) is 11.4 Å². The molecule has 3 aromatic rings. The van der Waals surface area contributed by atoms with Gasteiger partial charge in [-0.1, -0.05) is 12.1 Å². The summed E-state index contributed by atoms with van der Waals surface area (Å²) in [5, 5.41) is 0. The third kappa shape index (κ3) is 5.60. The van der Waals surface area contributed by atoms with E-state index in [1.54, 1.807) is 18.1 Å². The number of ether oxygens (including phenoxy) is 1. The third-order valence-corrected chi connectivity index (χ3v) is 6.51. The van der Waals surface area contributed by atoms with Crippen LogP contribution in [0.3, 0.4) is 0 Å². The number of carbonyl (C=O) groups is 3. The van der Waals surface area contributed by atoms with Crippen molar-refractivity contribution in [2.75, 3.05) is 39.8 Å². The number of aryl methyl sites for hydroxylation is 1. The number of amides is 2. The van der Waals surface area contributed by atoms with Crippen LogP contribution >= 0.6 is 0 Å². The zero-order valence-corrected chi connectivity index (χ0v) is 20.5. The number of nitrogens with zero attached hydrogens (tertiary/aromatic N) is 5. The standard InChI is InChI=1S/C26H30N6O4/c1-18-21(25(27)34)15-23(32(18)10-7-19-3-5-20(36-2)6-4-19)24(33)17-30-11-13-31(14-12-30)26(35)22-16-28-8-9-29-22/h3-6,8-9,15-16H,7,10-14,17H2,1-2H3,(H2,27,34). The van der Waals surface area contributed by atoms with Crippen molar-refractivity contribution in [3.05, 3.63) is 77.1 Å². The van der Waals surface area contributed by atoms with E-state index in [0.717, 1.165) is 11.3 Å². The lowest BCUT2D eigenvalue weighted by atomic mass is 10.1. The number of aromatic nitrogens is 3. The van der Waals surface area contributed by atoms with Crippen LogP contribution in [0.25, 0.3) is 0 Å². The summed E-state index contributed by atoms with van der Waals surface area (Å²) in [6.45, 7) is 4.64. The highest BCUT2D eigenvalue weighted by Gasteiger charge is 2.26. The minimum Gasteiger partial charge on any atom is -0.497 e. The monoisotopic (exact) mass is 490 g/mol. The Balaban J connectivity index is 1.42. The van der Waals surface area contributed by atoms with Crippen molar-refractivity contribution in [3.63, 3.8) is 0 Å². The van der Waals surface area contributed by atoms with Crippen LogP contribution in [0.1, 0.15) is 42.6 Å². The summed E-state index contributed by atoms with van der Waals surface area (Å²) in [4.78, 5) is 49.7. The average Bonchev–Trinajstić information content (AvgIpc) is 3.24. The number of ketones is 1. The van der Waals surface area contributed by atoms with Gasteiger partial charge in [-0.15, -0.1) is 0 Å². The maximum atomic E-state index is 13.3. The molecule has 36 heavy (non-hydrogen) atoms. The Hall–Kier alpha value is -4.05. The zero-order valence-electron chi connectivity index (χ0n) is 20.5. The molecule has 2 aromatic heterocycles. The van der Waals surface area contributed by atoms with Crippen LogP contribution in [0.15, 0.2) is 48.9 Å². The zero-order chi connectivity index (χ0) is 25.7. The molecule has 10 nitrogen and oxygen atoms in total. The summed E-state index contributed by atoms with van der Waals surface area (Å²) >= 11 is 0. The minimum absolute atomic E-state index is 0.0889. The Bertz CT molecular complexity index is 1230. The number of benzene rings is 1. The number of rotatable bonds is 9. The predicted octanol–water partition coefficient (Wildman–Crippen LogP) is 1.58. The Labute approximate surface area is 209 Å². The molecule has 188 valence electrons. The van der Waals surface area contributed by atoms with Gasteiger partial charge in [-0.2, -0.15) is 0 Å². The van der Waals surface area contributed by atoms with E-state index in [4.69, 9.17) is 10.5 Å². The normalized spacial score (nSPS) is 14.0. The number of hydrogen-bond donors (Lipinski definition) is 1. The van der Waals surface area contributed by atoms with Gasteiger partial charge in [0.25, 0.3) is 11.8 Å². The van der Waals surface area contributed by atoms with E-state index in [2.05, 4.69) is 9.97 Å². The molecule has 0 saturated carbocycles. The Morgan fingerprint density at radius 1 is 1.06 bits per heavy atom. The van der Waals surface area contributed by atoms with Crippen LogP contribution < -0.4 is 10.5 Å². The van der Waals surface area contributed by atoms with Gasteiger partial charge in [-0.3, -0.25) is 24.3 Å². The molecular weight excluding hydrogens is 460 g/mol. The number of methoxy groups -OCH3 is 1. The summed E-state index contributed by atoms with van der Waals surface area (Å²) in [5.74, 6) is -0.0283. The summed E-state index contributed by atoms with van der Waals surface area (Å²) in [6, 6.07) is 9.36. The number of Topliss-reactive ketones (excluding diaryl/α,β-unsaturated/α-hetero) is 1. The molecule has 4 rings (SSSR count). The predicted molar refractivity (Wildman–Crippen MR) is 133 cm³/mol. The largest absolute Gasteiger partial charge is 0.497 e. The Morgan fingerprint density at radius 3 is 2.39 bits per heavy atom. The van der Waals surface area contributed by atoms with Gasteiger partial charge in [0.2, 0.25) is 0 Å². The summed E-state index contributed by atoms with van der Waals surface area (Å²) in [5.41, 5.74) is 8.48. The molecular formula is C26H30N6O4. The average molecular weight is 491 g/mol. The molecule has 0 spiro atoms. The lowest BCUT2D eigenvalue weighted by Crippen LogP contribution is -2.50. The molecule has 0 aliphatic carbocycles. The van der Waals surface area contributed by atoms with E-state index >= 15 is 0 Å².